The van der Waals surface area contributed by atoms with Gasteiger partial charge in [-0.2, -0.15) is 0 Å². The summed E-state index contributed by atoms with van der Waals surface area (Å²) in [7, 11) is 0. The second kappa shape index (κ2) is 7.23. The number of hydrogen-bond donors (Lipinski definition) is 0. The van der Waals surface area contributed by atoms with Crippen LogP contribution in [0.25, 0.3) is 5.69 Å². The SMILES string of the molecule is C[C@@H](OC(=O)c1ccc(-n2cnnn2)cc1)C(=O)c1cccc(Cl)c1. The van der Waals surface area contributed by atoms with Gasteiger partial charge in [0.15, 0.2) is 6.10 Å². The van der Waals surface area contributed by atoms with Crippen LogP contribution in [0, 0.1) is 0 Å². The van der Waals surface area contributed by atoms with Crippen LogP contribution in [-0.2, 0) is 4.74 Å². The predicted octanol–water partition coefficient (Wildman–Crippen LogP) is 2.74. The van der Waals surface area contributed by atoms with Gasteiger partial charge in [-0.25, -0.2) is 9.48 Å². The monoisotopic (exact) mass is 356 g/mol. The van der Waals surface area contributed by atoms with Crippen LogP contribution in [0.4, 0.5) is 0 Å². The van der Waals surface area contributed by atoms with Gasteiger partial charge in [0.05, 0.1) is 11.3 Å². The van der Waals surface area contributed by atoms with Crippen LogP contribution in [0.2, 0.25) is 5.02 Å². The van der Waals surface area contributed by atoms with Crippen molar-refractivity contribution in [1.82, 2.24) is 20.2 Å². The highest BCUT2D eigenvalue weighted by atomic mass is 35.5. The first-order valence-electron chi connectivity index (χ1n) is 7.39. The minimum absolute atomic E-state index is 0.318. The molecule has 1 atom stereocenters. The Bertz CT molecular complexity index is 895. The number of benzene rings is 2. The topological polar surface area (TPSA) is 87.0 Å². The maximum Gasteiger partial charge on any atom is 0.338 e. The minimum Gasteiger partial charge on any atom is -0.451 e. The number of hydrogen-bond acceptors (Lipinski definition) is 6. The van der Waals surface area contributed by atoms with Gasteiger partial charge in [-0.05, 0) is 53.7 Å². The standard InChI is InChI=1S/C17H13ClN4O3/c1-11(16(23)13-3-2-4-14(18)9-13)25-17(24)12-5-7-15(8-6-12)22-10-19-20-21-22/h2-11H,1H3/t11-/m1/s1. The zero-order valence-electron chi connectivity index (χ0n) is 13.2. The molecule has 0 bridgehead atoms. The fraction of sp³-hybridized carbons (Fsp3) is 0.118. The normalized spacial score (nSPS) is 11.8. The van der Waals surface area contributed by atoms with Crippen LogP contribution in [0.15, 0.2) is 54.9 Å². The Hall–Kier alpha value is -3.06. The Balaban J connectivity index is 1.68. The molecule has 8 heteroatoms. The molecular formula is C17H13ClN4O3. The van der Waals surface area contributed by atoms with Crippen LogP contribution < -0.4 is 0 Å². The fourth-order valence-electron chi connectivity index (χ4n) is 2.19. The minimum atomic E-state index is -0.926. The van der Waals surface area contributed by atoms with E-state index in [4.69, 9.17) is 16.3 Å². The molecule has 0 unspecified atom stereocenters. The number of rotatable bonds is 5. The van der Waals surface area contributed by atoms with E-state index in [1.165, 1.54) is 24.0 Å². The van der Waals surface area contributed by atoms with E-state index in [-0.39, 0.29) is 5.78 Å². The van der Waals surface area contributed by atoms with E-state index in [2.05, 4.69) is 15.5 Å². The van der Waals surface area contributed by atoms with Crippen molar-refractivity contribution in [3.05, 3.63) is 71.0 Å². The lowest BCUT2D eigenvalue weighted by molar-refractivity contribution is 0.0319. The van der Waals surface area contributed by atoms with Crippen molar-refractivity contribution in [2.45, 2.75) is 13.0 Å². The van der Waals surface area contributed by atoms with Crippen LogP contribution in [0.5, 0.6) is 0 Å². The summed E-state index contributed by atoms with van der Waals surface area (Å²) >= 11 is 5.88. The van der Waals surface area contributed by atoms with Crippen molar-refractivity contribution in [2.75, 3.05) is 0 Å². The van der Waals surface area contributed by atoms with Crippen LogP contribution in [0.3, 0.4) is 0 Å². The summed E-state index contributed by atoms with van der Waals surface area (Å²) in [4.78, 5) is 24.5. The Morgan fingerprint density at radius 1 is 1.12 bits per heavy atom. The van der Waals surface area contributed by atoms with Crippen molar-refractivity contribution in [1.29, 1.82) is 0 Å². The number of ketones is 1. The van der Waals surface area contributed by atoms with E-state index in [1.807, 2.05) is 0 Å². The lowest BCUT2D eigenvalue weighted by atomic mass is 10.1. The third-order valence-electron chi connectivity index (χ3n) is 3.48. The van der Waals surface area contributed by atoms with Crippen LogP contribution in [-0.4, -0.2) is 38.1 Å². The average molecular weight is 357 g/mol. The summed E-state index contributed by atoms with van der Waals surface area (Å²) < 4.78 is 6.70. The highest BCUT2D eigenvalue weighted by molar-refractivity contribution is 6.31. The molecule has 126 valence electrons. The zero-order valence-corrected chi connectivity index (χ0v) is 13.9. The molecule has 1 heterocycles. The van der Waals surface area contributed by atoms with Gasteiger partial charge in [-0.15, -0.1) is 5.10 Å². The third kappa shape index (κ3) is 3.89. The first-order valence-corrected chi connectivity index (χ1v) is 7.76. The number of esters is 1. The van der Waals surface area contributed by atoms with E-state index < -0.39 is 12.1 Å². The number of carbonyl (C=O) groups excluding carboxylic acids is 2. The highest BCUT2D eigenvalue weighted by Gasteiger charge is 2.20. The fourth-order valence-corrected chi connectivity index (χ4v) is 2.38. The van der Waals surface area contributed by atoms with Gasteiger partial charge in [0, 0.05) is 10.6 Å². The maximum absolute atomic E-state index is 12.3. The number of ether oxygens (including phenoxy) is 1. The van der Waals surface area contributed by atoms with Gasteiger partial charge in [-0.3, -0.25) is 4.79 Å². The van der Waals surface area contributed by atoms with Crippen molar-refractivity contribution < 1.29 is 14.3 Å². The van der Waals surface area contributed by atoms with Crippen LogP contribution in [0.1, 0.15) is 27.6 Å². The quantitative estimate of drug-likeness (QED) is 0.516. The van der Waals surface area contributed by atoms with Gasteiger partial charge in [-0.1, -0.05) is 23.7 Å². The summed E-state index contributed by atoms with van der Waals surface area (Å²) in [5, 5.41) is 11.3. The van der Waals surface area contributed by atoms with E-state index in [0.717, 1.165) is 0 Å². The van der Waals surface area contributed by atoms with Gasteiger partial charge < -0.3 is 4.74 Å². The molecule has 7 nitrogen and oxygen atoms in total. The molecule has 0 amide bonds. The lowest BCUT2D eigenvalue weighted by Crippen LogP contribution is -2.24. The second-order valence-electron chi connectivity index (χ2n) is 5.22. The largest absolute Gasteiger partial charge is 0.451 e. The van der Waals surface area contributed by atoms with Crippen molar-refractivity contribution in [3.63, 3.8) is 0 Å². The third-order valence-corrected chi connectivity index (χ3v) is 3.71. The Labute approximate surface area is 148 Å². The molecule has 0 N–H and O–H groups in total. The van der Waals surface area contributed by atoms with E-state index in [1.54, 1.807) is 42.5 Å². The summed E-state index contributed by atoms with van der Waals surface area (Å²) in [6.45, 7) is 1.52. The maximum atomic E-state index is 12.3. The highest BCUT2D eigenvalue weighted by Crippen LogP contribution is 2.15. The zero-order chi connectivity index (χ0) is 17.8. The molecule has 3 rings (SSSR count). The number of halogens is 1. The van der Waals surface area contributed by atoms with Gasteiger partial charge in [0.1, 0.15) is 6.33 Å². The molecular weight excluding hydrogens is 344 g/mol. The Morgan fingerprint density at radius 3 is 2.52 bits per heavy atom. The Kier molecular flexibility index (Phi) is 4.85. The van der Waals surface area contributed by atoms with Crippen molar-refractivity contribution in [3.8, 4) is 5.69 Å². The predicted molar refractivity (Wildman–Crippen MR) is 89.8 cm³/mol. The summed E-state index contributed by atoms with van der Waals surface area (Å²) in [6, 6.07) is 13.0. The molecule has 25 heavy (non-hydrogen) atoms. The first-order chi connectivity index (χ1) is 12.0. The molecule has 1 aromatic heterocycles. The number of aromatic nitrogens is 4. The molecule has 0 aliphatic rings. The first kappa shape index (κ1) is 16.8. The second-order valence-corrected chi connectivity index (χ2v) is 5.66. The molecule has 3 aromatic rings. The molecule has 0 fully saturated rings. The van der Waals surface area contributed by atoms with Gasteiger partial charge in [0.25, 0.3) is 0 Å². The summed E-state index contributed by atoms with van der Waals surface area (Å²) in [5.74, 6) is -0.910. The van der Waals surface area contributed by atoms with Crippen molar-refractivity contribution >= 4 is 23.4 Å². The summed E-state index contributed by atoms with van der Waals surface area (Å²) in [6.07, 6.45) is 0.518. The molecule has 0 spiro atoms. The molecule has 2 aromatic carbocycles. The molecule has 0 radical (unpaired) electrons. The Morgan fingerprint density at radius 2 is 1.88 bits per heavy atom. The molecule has 0 saturated carbocycles. The molecule has 0 saturated heterocycles. The number of carbonyl (C=O) groups is 2. The van der Waals surface area contributed by atoms with E-state index >= 15 is 0 Å². The molecule has 0 aliphatic carbocycles. The molecule has 0 aliphatic heterocycles. The number of Topliss-reactive ketones (excluding diaryl/α,β-unsaturated/α-hetero) is 1. The lowest BCUT2D eigenvalue weighted by Gasteiger charge is -2.12. The average Bonchev–Trinajstić information content (AvgIpc) is 3.15. The number of tetrazole rings is 1. The summed E-state index contributed by atoms with van der Waals surface area (Å²) in [5.41, 5.74) is 1.41. The van der Waals surface area contributed by atoms with E-state index in [0.29, 0.717) is 21.8 Å². The van der Waals surface area contributed by atoms with E-state index in [9.17, 15) is 9.59 Å². The van der Waals surface area contributed by atoms with Crippen LogP contribution >= 0.6 is 11.6 Å². The van der Waals surface area contributed by atoms with Gasteiger partial charge >= 0.3 is 5.97 Å². The van der Waals surface area contributed by atoms with Gasteiger partial charge in [0.2, 0.25) is 5.78 Å². The van der Waals surface area contributed by atoms with Crippen molar-refractivity contribution in [2.24, 2.45) is 0 Å². The number of nitrogens with zero attached hydrogens (tertiary/aromatic N) is 4. The smallest absolute Gasteiger partial charge is 0.338 e.